The van der Waals surface area contributed by atoms with Gasteiger partial charge in [-0.1, -0.05) is 0 Å². The highest BCUT2D eigenvalue weighted by Gasteiger charge is 2.35. The van der Waals surface area contributed by atoms with Crippen LogP contribution in [0.1, 0.15) is 24.9 Å². The second-order valence-electron chi connectivity index (χ2n) is 2.96. The van der Waals surface area contributed by atoms with Gasteiger partial charge in [0.25, 0.3) is 0 Å². The fourth-order valence-corrected chi connectivity index (χ4v) is 2.32. The monoisotopic (exact) mass is 181 g/mol. The minimum Gasteiger partial charge on any atom is -0.335 e. The van der Waals surface area contributed by atoms with Crippen molar-refractivity contribution in [3.63, 3.8) is 0 Å². The summed E-state index contributed by atoms with van der Waals surface area (Å²) in [5, 5.41) is 4.19. The van der Waals surface area contributed by atoms with E-state index in [0.29, 0.717) is 12.5 Å². The van der Waals surface area contributed by atoms with E-state index in [9.17, 15) is 4.79 Å². The summed E-state index contributed by atoms with van der Waals surface area (Å²) in [6, 6.07) is 2.47. The van der Waals surface area contributed by atoms with Crippen LogP contribution in [0.2, 0.25) is 0 Å². The molecule has 2 rings (SSSR count). The smallest absolute Gasteiger partial charge is 0.225 e. The Morgan fingerprint density at radius 1 is 1.75 bits per heavy atom. The van der Waals surface area contributed by atoms with Crippen LogP contribution in [0.15, 0.2) is 16.8 Å². The first-order valence-electron chi connectivity index (χ1n) is 4.14. The number of nitrogens with zero attached hydrogens (tertiary/aromatic N) is 1. The third-order valence-electron chi connectivity index (χ3n) is 2.33. The van der Waals surface area contributed by atoms with Gasteiger partial charge in [0.1, 0.15) is 0 Å². The quantitative estimate of drug-likeness (QED) is 0.639. The molecule has 64 valence electrons. The van der Waals surface area contributed by atoms with Gasteiger partial charge in [0.15, 0.2) is 0 Å². The Labute approximate surface area is 75.8 Å². The Balaban J connectivity index is 2.13. The molecule has 1 aliphatic heterocycles. The molecule has 0 bridgehead atoms. The second-order valence-corrected chi connectivity index (χ2v) is 3.74. The molecule has 12 heavy (non-hydrogen) atoms. The van der Waals surface area contributed by atoms with Gasteiger partial charge in [-0.25, -0.2) is 0 Å². The summed E-state index contributed by atoms with van der Waals surface area (Å²) in [7, 11) is 0. The first-order valence-corrected chi connectivity index (χ1v) is 5.08. The largest absolute Gasteiger partial charge is 0.335 e. The number of likely N-dealkylation sites (tertiary alicyclic amines) is 1. The van der Waals surface area contributed by atoms with Crippen LogP contribution in [0.4, 0.5) is 0 Å². The van der Waals surface area contributed by atoms with Crippen LogP contribution in [0, 0.1) is 0 Å². The fraction of sp³-hybridized carbons (Fsp3) is 0.444. The van der Waals surface area contributed by atoms with Gasteiger partial charge in [0.2, 0.25) is 5.91 Å². The summed E-state index contributed by atoms with van der Waals surface area (Å²) in [6.45, 7) is 2.86. The zero-order valence-corrected chi connectivity index (χ0v) is 7.80. The molecule has 3 heteroatoms. The third-order valence-corrected chi connectivity index (χ3v) is 3.03. The predicted molar refractivity (Wildman–Crippen MR) is 49.1 cm³/mol. The first kappa shape index (κ1) is 7.80. The van der Waals surface area contributed by atoms with Crippen LogP contribution >= 0.6 is 11.3 Å². The number of carbonyl (C=O) groups excluding carboxylic acids is 1. The molecule has 0 aromatic carbocycles. The standard InChI is InChI=1S/C9H11NOS/c1-2-10-8(5-9(10)11)7-3-4-12-6-7/h3-4,6,8H,2,5H2,1H3. The maximum absolute atomic E-state index is 11.1. The first-order chi connectivity index (χ1) is 5.83. The molecule has 0 N–H and O–H groups in total. The van der Waals surface area contributed by atoms with Gasteiger partial charge in [-0.05, 0) is 29.3 Å². The Morgan fingerprint density at radius 3 is 3.08 bits per heavy atom. The average molecular weight is 181 g/mol. The number of hydrogen-bond donors (Lipinski definition) is 0. The summed E-state index contributed by atoms with van der Waals surface area (Å²) in [4.78, 5) is 13.0. The van der Waals surface area contributed by atoms with Gasteiger partial charge in [0, 0.05) is 6.54 Å². The van der Waals surface area contributed by atoms with Crippen LogP contribution < -0.4 is 0 Å². The van der Waals surface area contributed by atoms with Crippen LogP contribution in [0.3, 0.4) is 0 Å². The van der Waals surface area contributed by atoms with E-state index in [4.69, 9.17) is 0 Å². The number of rotatable bonds is 2. The van der Waals surface area contributed by atoms with Crippen molar-refractivity contribution in [3.05, 3.63) is 22.4 Å². The predicted octanol–water partition coefficient (Wildman–Crippen LogP) is 2.04. The Morgan fingerprint density at radius 2 is 2.58 bits per heavy atom. The second kappa shape index (κ2) is 2.90. The van der Waals surface area contributed by atoms with E-state index in [0.717, 1.165) is 6.54 Å². The molecule has 0 saturated carbocycles. The normalized spacial score (nSPS) is 22.6. The Hall–Kier alpha value is -0.830. The van der Waals surface area contributed by atoms with Gasteiger partial charge < -0.3 is 4.90 Å². The maximum Gasteiger partial charge on any atom is 0.225 e. The van der Waals surface area contributed by atoms with Crippen molar-refractivity contribution in [2.24, 2.45) is 0 Å². The van der Waals surface area contributed by atoms with E-state index >= 15 is 0 Å². The summed E-state index contributed by atoms with van der Waals surface area (Å²) >= 11 is 1.69. The van der Waals surface area contributed by atoms with Crippen molar-refractivity contribution >= 4 is 17.2 Å². The van der Waals surface area contributed by atoms with E-state index in [1.54, 1.807) is 11.3 Å². The van der Waals surface area contributed by atoms with Crippen molar-refractivity contribution in [3.8, 4) is 0 Å². The van der Waals surface area contributed by atoms with Crippen LogP contribution in [0.25, 0.3) is 0 Å². The molecular formula is C9H11NOS. The molecule has 1 fully saturated rings. The average Bonchev–Trinajstić information content (AvgIpc) is 2.52. The number of hydrogen-bond acceptors (Lipinski definition) is 2. The zero-order chi connectivity index (χ0) is 8.55. The fourth-order valence-electron chi connectivity index (χ4n) is 1.61. The molecule has 1 aromatic rings. The topological polar surface area (TPSA) is 20.3 Å². The van der Waals surface area contributed by atoms with Crippen LogP contribution in [0.5, 0.6) is 0 Å². The highest BCUT2D eigenvalue weighted by Crippen LogP contribution is 2.34. The Kier molecular flexibility index (Phi) is 1.89. The van der Waals surface area contributed by atoms with Gasteiger partial charge >= 0.3 is 0 Å². The molecule has 2 nitrogen and oxygen atoms in total. The van der Waals surface area contributed by atoms with Gasteiger partial charge in [-0.3, -0.25) is 4.79 Å². The lowest BCUT2D eigenvalue weighted by atomic mass is 9.96. The highest BCUT2D eigenvalue weighted by atomic mass is 32.1. The number of β-lactam (4-membered cyclic amide) rings is 1. The lowest BCUT2D eigenvalue weighted by Crippen LogP contribution is -2.45. The molecule has 1 aliphatic rings. The lowest BCUT2D eigenvalue weighted by Gasteiger charge is -2.39. The van der Waals surface area contributed by atoms with E-state index in [1.165, 1.54) is 5.56 Å². The number of amides is 1. The van der Waals surface area contributed by atoms with E-state index in [-0.39, 0.29) is 5.91 Å². The maximum atomic E-state index is 11.1. The molecular weight excluding hydrogens is 170 g/mol. The van der Waals surface area contributed by atoms with Gasteiger partial charge in [-0.2, -0.15) is 11.3 Å². The van der Waals surface area contributed by atoms with Crippen LogP contribution in [-0.2, 0) is 4.79 Å². The Bertz CT molecular complexity index is 281. The minimum atomic E-state index is 0.286. The molecule has 1 saturated heterocycles. The summed E-state index contributed by atoms with van der Waals surface area (Å²) in [5.74, 6) is 0.286. The lowest BCUT2D eigenvalue weighted by molar-refractivity contribution is -0.145. The van der Waals surface area contributed by atoms with Gasteiger partial charge in [-0.15, -0.1) is 0 Å². The number of carbonyl (C=O) groups is 1. The summed E-state index contributed by atoms with van der Waals surface area (Å²) in [6.07, 6.45) is 0.699. The number of thiophene rings is 1. The molecule has 0 aliphatic carbocycles. The third kappa shape index (κ3) is 1.05. The SMILES string of the molecule is CCN1C(=O)CC1c1ccsc1. The van der Waals surface area contributed by atoms with Gasteiger partial charge in [0.05, 0.1) is 12.5 Å². The molecule has 0 radical (unpaired) electrons. The van der Waals surface area contributed by atoms with Crippen molar-refractivity contribution in [2.45, 2.75) is 19.4 Å². The van der Waals surface area contributed by atoms with Crippen LogP contribution in [-0.4, -0.2) is 17.4 Å². The highest BCUT2D eigenvalue weighted by molar-refractivity contribution is 7.08. The molecule has 1 amide bonds. The van der Waals surface area contributed by atoms with Crippen molar-refractivity contribution in [1.29, 1.82) is 0 Å². The minimum absolute atomic E-state index is 0.286. The molecule has 2 heterocycles. The zero-order valence-electron chi connectivity index (χ0n) is 6.99. The van der Waals surface area contributed by atoms with E-state index in [1.807, 2.05) is 11.8 Å². The van der Waals surface area contributed by atoms with Crippen molar-refractivity contribution < 1.29 is 4.79 Å². The summed E-state index contributed by atoms with van der Waals surface area (Å²) in [5.41, 5.74) is 1.29. The van der Waals surface area contributed by atoms with E-state index in [2.05, 4.69) is 16.8 Å². The molecule has 1 aromatic heterocycles. The molecule has 1 unspecified atom stereocenters. The molecule has 0 spiro atoms. The van der Waals surface area contributed by atoms with Crippen molar-refractivity contribution in [2.75, 3.05) is 6.54 Å². The summed E-state index contributed by atoms with van der Waals surface area (Å²) < 4.78 is 0. The van der Waals surface area contributed by atoms with Crippen molar-refractivity contribution in [1.82, 2.24) is 4.90 Å². The van der Waals surface area contributed by atoms with E-state index < -0.39 is 0 Å². The molecule has 1 atom stereocenters.